The van der Waals surface area contributed by atoms with Gasteiger partial charge in [-0.2, -0.15) is 0 Å². The van der Waals surface area contributed by atoms with Gasteiger partial charge >= 0.3 is 0 Å². The first-order valence-corrected chi connectivity index (χ1v) is 7.16. The van der Waals surface area contributed by atoms with Crippen LogP contribution in [0.4, 0.5) is 18.9 Å². The first-order valence-electron chi connectivity index (χ1n) is 7.16. The van der Waals surface area contributed by atoms with E-state index < -0.39 is 17.5 Å². The maximum absolute atomic E-state index is 13.8. The van der Waals surface area contributed by atoms with Crippen molar-refractivity contribution in [1.29, 1.82) is 0 Å². The molecule has 0 spiro atoms. The SMILES string of the molecule is CCCNC1CCN(c2ccc(F)c(F)c2F)CC1C. The number of piperidine rings is 1. The van der Waals surface area contributed by atoms with Gasteiger partial charge in [0, 0.05) is 19.1 Å². The second-order valence-electron chi connectivity index (χ2n) is 5.47. The number of anilines is 1. The van der Waals surface area contributed by atoms with E-state index in [0.717, 1.165) is 25.5 Å². The van der Waals surface area contributed by atoms with E-state index >= 15 is 0 Å². The molecule has 1 N–H and O–H groups in total. The summed E-state index contributed by atoms with van der Waals surface area (Å²) in [5, 5.41) is 3.47. The fraction of sp³-hybridized carbons (Fsp3) is 0.600. The van der Waals surface area contributed by atoms with Gasteiger partial charge in [-0.3, -0.25) is 0 Å². The van der Waals surface area contributed by atoms with Gasteiger partial charge in [0.15, 0.2) is 17.5 Å². The largest absolute Gasteiger partial charge is 0.369 e. The third-order valence-corrected chi connectivity index (χ3v) is 3.92. The molecule has 0 aliphatic carbocycles. The number of rotatable bonds is 4. The quantitative estimate of drug-likeness (QED) is 0.854. The summed E-state index contributed by atoms with van der Waals surface area (Å²) >= 11 is 0. The molecular weight excluding hydrogens is 265 g/mol. The molecule has 2 atom stereocenters. The van der Waals surface area contributed by atoms with Crippen LogP contribution in [0.1, 0.15) is 26.7 Å². The Labute approximate surface area is 118 Å². The van der Waals surface area contributed by atoms with E-state index in [1.807, 2.05) is 0 Å². The maximum atomic E-state index is 13.8. The lowest BCUT2D eigenvalue weighted by molar-refractivity contribution is 0.320. The van der Waals surface area contributed by atoms with Crippen LogP contribution in [0, 0.1) is 23.4 Å². The van der Waals surface area contributed by atoms with Crippen molar-refractivity contribution in [3.8, 4) is 0 Å². The Balaban J connectivity index is 2.08. The van der Waals surface area contributed by atoms with Crippen LogP contribution in [-0.2, 0) is 0 Å². The first kappa shape index (κ1) is 15.2. The van der Waals surface area contributed by atoms with Crippen molar-refractivity contribution in [1.82, 2.24) is 5.32 Å². The highest BCUT2D eigenvalue weighted by Crippen LogP contribution is 2.28. The fourth-order valence-electron chi connectivity index (χ4n) is 2.76. The minimum absolute atomic E-state index is 0.157. The third kappa shape index (κ3) is 3.08. The van der Waals surface area contributed by atoms with Gasteiger partial charge in [-0.15, -0.1) is 0 Å². The summed E-state index contributed by atoms with van der Waals surface area (Å²) in [5.41, 5.74) is 0.157. The summed E-state index contributed by atoms with van der Waals surface area (Å²) in [4.78, 5) is 1.80. The summed E-state index contributed by atoms with van der Waals surface area (Å²) in [6.45, 7) is 6.46. The standard InChI is InChI=1S/C15H21F3N2/c1-3-7-19-12-6-8-20(9-10(12)2)13-5-4-11(16)14(17)15(13)18/h4-5,10,12,19H,3,6-9H2,1-2H3. The highest BCUT2D eigenvalue weighted by molar-refractivity contribution is 5.49. The maximum Gasteiger partial charge on any atom is 0.196 e. The summed E-state index contributed by atoms with van der Waals surface area (Å²) in [6.07, 6.45) is 1.95. The molecule has 0 radical (unpaired) electrons. The van der Waals surface area contributed by atoms with Crippen LogP contribution in [0.3, 0.4) is 0 Å². The van der Waals surface area contributed by atoms with E-state index in [2.05, 4.69) is 19.2 Å². The van der Waals surface area contributed by atoms with E-state index in [0.29, 0.717) is 25.0 Å². The number of benzene rings is 1. The second kappa shape index (κ2) is 6.48. The van der Waals surface area contributed by atoms with E-state index in [1.54, 1.807) is 4.90 Å². The van der Waals surface area contributed by atoms with Gasteiger partial charge in [0.1, 0.15) is 0 Å². The smallest absolute Gasteiger partial charge is 0.196 e. The Morgan fingerprint density at radius 1 is 1.25 bits per heavy atom. The summed E-state index contributed by atoms with van der Waals surface area (Å²) in [5.74, 6) is -3.28. The average Bonchev–Trinajstić information content (AvgIpc) is 2.44. The van der Waals surface area contributed by atoms with Crippen LogP contribution >= 0.6 is 0 Å². The molecular formula is C15H21F3N2. The molecule has 0 bridgehead atoms. The number of hydrogen-bond acceptors (Lipinski definition) is 2. The number of hydrogen-bond donors (Lipinski definition) is 1. The molecule has 1 fully saturated rings. The van der Waals surface area contributed by atoms with Gasteiger partial charge in [-0.25, -0.2) is 13.2 Å². The molecule has 0 amide bonds. The first-order chi connectivity index (χ1) is 9.54. The number of halogens is 3. The van der Waals surface area contributed by atoms with Gasteiger partial charge in [-0.05, 0) is 37.4 Å². The Morgan fingerprint density at radius 2 is 2.00 bits per heavy atom. The van der Waals surface area contributed by atoms with Crippen LogP contribution in [0.25, 0.3) is 0 Å². The number of nitrogens with one attached hydrogen (secondary N) is 1. The monoisotopic (exact) mass is 286 g/mol. The zero-order valence-electron chi connectivity index (χ0n) is 11.9. The van der Waals surface area contributed by atoms with Crippen molar-refractivity contribution in [2.24, 2.45) is 5.92 Å². The molecule has 1 aromatic rings. The lowest BCUT2D eigenvalue weighted by Crippen LogP contribution is -2.48. The molecule has 0 saturated carbocycles. The van der Waals surface area contributed by atoms with Crippen molar-refractivity contribution in [3.63, 3.8) is 0 Å². The van der Waals surface area contributed by atoms with Gasteiger partial charge in [-0.1, -0.05) is 13.8 Å². The van der Waals surface area contributed by atoms with Crippen molar-refractivity contribution >= 4 is 5.69 Å². The highest BCUT2D eigenvalue weighted by Gasteiger charge is 2.28. The summed E-state index contributed by atoms with van der Waals surface area (Å²) in [6, 6.07) is 2.71. The van der Waals surface area contributed by atoms with Crippen molar-refractivity contribution in [2.45, 2.75) is 32.7 Å². The van der Waals surface area contributed by atoms with Crippen LogP contribution in [-0.4, -0.2) is 25.7 Å². The Hall–Kier alpha value is -1.23. The average molecular weight is 286 g/mol. The second-order valence-corrected chi connectivity index (χ2v) is 5.47. The fourth-order valence-corrected chi connectivity index (χ4v) is 2.76. The minimum Gasteiger partial charge on any atom is -0.369 e. The highest BCUT2D eigenvalue weighted by atomic mass is 19.2. The van der Waals surface area contributed by atoms with Crippen LogP contribution < -0.4 is 10.2 Å². The minimum atomic E-state index is -1.39. The van der Waals surface area contributed by atoms with Gasteiger partial charge in [0.25, 0.3) is 0 Å². The third-order valence-electron chi connectivity index (χ3n) is 3.92. The van der Waals surface area contributed by atoms with E-state index in [-0.39, 0.29) is 5.69 Å². The van der Waals surface area contributed by atoms with Crippen molar-refractivity contribution in [3.05, 3.63) is 29.6 Å². The molecule has 2 nitrogen and oxygen atoms in total. The van der Waals surface area contributed by atoms with Crippen LogP contribution in [0.5, 0.6) is 0 Å². The topological polar surface area (TPSA) is 15.3 Å². The van der Waals surface area contributed by atoms with Crippen LogP contribution in [0.15, 0.2) is 12.1 Å². The van der Waals surface area contributed by atoms with Gasteiger partial charge in [0.2, 0.25) is 0 Å². The lowest BCUT2D eigenvalue weighted by atomic mass is 9.93. The molecule has 1 aliphatic heterocycles. The predicted molar refractivity (Wildman–Crippen MR) is 74.4 cm³/mol. The summed E-state index contributed by atoms with van der Waals surface area (Å²) < 4.78 is 40.1. The lowest BCUT2D eigenvalue weighted by Gasteiger charge is -2.38. The zero-order valence-corrected chi connectivity index (χ0v) is 11.9. The Kier molecular flexibility index (Phi) is 4.91. The molecule has 1 heterocycles. The molecule has 1 aromatic carbocycles. The molecule has 0 aromatic heterocycles. The van der Waals surface area contributed by atoms with E-state index in [9.17, 15) is 13.2 Å². The van der Waals surface area contributed by atoms with E-state index in [4.69, 9.17) is 0 Å². The Morgan fingerprint density at radius 3 is 2.65 bits per heavy atom. The summed E-state index contributed by atoms with van der Waals surface area (Å²) in [7, 11) is 0. The molecule has 5 heteroatoms. The van der Waals surface area contributed by atoms with Gasteiger partial charge in [0.05, 0.1) is 5.69 Å². The van der Waals surface area contributed by atoms with Crippen molar-refractivity contribution < 1.29 is 13.2 Å². The molecule has 2 unspecified atom stereocenters. The molecule has 1 aliphatic rings. The normalized spacial score (nSPS) is 23.1. The molecule has 20 heavy (non-hydrogen) atoms. The van der Waals surface area contributed by atoms with E-state index in [1.165, 1.54) is 6.07 Å². The Bertz CT molecular complexity index is 465. The molecule has 2 rings (SSSR count). The van der Waals surface area contributed by atoms with Crippen LogP contribution in [0.2, 0.25) is 0 Å². The predicted octanol–water partition coefficient (Wildman–Crippen LogP) is 3.32. The molecule has 1 saturated heterocycles. The zero-order chi connectivity index (χ0) is 14.7. The number of nitrogens with zero attached hydrogens (tertiary/aromatic N) is 1. The van der Waals surface area contributed by atoms with Crippen molar-refractivity contribution in [2.75, 3.05) is 24.5 Å². The molecule has 112 valence electrons. The van der Waals surface area contributed by atoms with Gasteiger partial charge < -0.3 is 10.2 Å².